The lowest BCUT2D eigenvalue weighted by Gasteiger charge is -2.03. The van der Waals surface area contributed by atoms with Gasteiger partial charge in [0.25, 0.3) is 5.91 Å². The van der Waals surface area contributed by atoms with Crippen LogP contribution in [-0.2, 0) is 4.79 Å². The van der Waals surface area contributed by atoms with Crippen LogP contribution >= 0.6 is 23.1 Å². The van der Waals surface area contributed by atoms with Crippen molar-refractivity contribution in [2.45, 2.75) is 4.34 Å². The highest BCUT2D eigenvalue weighted by Crippen LogP contribution is 2.37. The summed E-state index contributed by atoms with van der Waals surface area (Å²) in [6, 6.07) is 12.8. The SMILES string of the molecule is CNC(=O)CSc1nc(-c2ccccc2)c(NC(=O)c2ccco2)s1. The Balaban J connectivity index is 1.87. The second-order valence-electron chi connectivity index (χ2n) is 4.92. The van der Waals surface area contributed by atoms with Crippen molar-refractivity contribution in [3.63, 3.8) is 0 Å². The highest BCUT2D eigenvalue weighted by Gasteiger charge is 2.18. The van der Waals surface area contributed by atoms with Crippen molar-refractivity contribution in [1.82, 2.24) is 10.3 Å². The number of rotatable bonds is 6. The van der Waals surface area contributed by atoms with Gasteiger partial charge in [-0.05, 0) is 12.1 Å². The summed E-state index contributed by atoms with van der Waals surface area (Å²) >= 11 is 2.66. The molecule has 3 aromatic rings. The first-order valence-electron chi connectivity index (χ1n) is 7.42. The Morgan fingerprint density at radius 3 is 2.68 bits per heavy atom. The van der Waals surface area contributed by atoms with Gasteiger partial charge in [0.15, 0.2) is 10.1 Å². The van der Waals surface area contributed by atoms with Crippen LogP contribution in [0.5, 0.6) is 0 Å². The zero-order valence-corrected chi connectivity index (χ0v) is 14.9. The molecule has 0 spiro atoms. The van der Waals surface area contributed by atoms with Crippen LogP contribution in [-0.4, -0.2) is 29.6 Å². The van der Waals surface area contributed by atoms with Crippen molar-refractivity contribution in [1.29, 1.82) is 0 Å². The van der Waals surface area contributed by atoms with Crippen molar-refractivity contribution in [3.8, 4) is 11.3 Å². The Labute approximate surface area is 152 Å². The zero-order chi connectivity index (χ0) is 17.6. The molecule has 0 radical (unpaired) electrons. The average molecular weight is 373 g/mol. The zero-order valence-electron chi connectivity index (χ0n) is 13.3. The maximum Gasteiger partial charge on any atom is 0.292 e. The molecule has 0 unspecified atom stereocenters. The number of hydrogen-bond acceptors (Lipinski definition) is 6. The van der Waals surface area contributed by atoms with Gasteiger partial charge in [-0.25, -0.2) is 4.98 Å². The number of furan rings is 1. The Morgan fingerprint density at radius 2 is 2.00 bits per heavy atom. The van der Waals surface area contributed by atoms with Crippen molar-refractivity contribution in [2.75, 3.05) is 18.1 Å². The molecule has 2 heterocycles. The minimum Gasteiger partial charge on any atom is -0.459 e. The molecular weight excluding hydrogens is 358 g/mol. The second-order valence-corrected chi connectivity index (χ2v) is 7.14. The predicted octanol–water partition coefficient (Wildman–Crippen LogP) is 3.49. The molecule has 0 atom stereocenters. The van der Waals surface area contributed by atoms with Crippen molar-refractivity contribution >= 4 is 39.9 Å². The van der Waals surface area contributed by atoms with Gasteiger partial charge in [0.2, 0.25) is 5.91 Å². The van der Waals surface area contributed by atoms with Crippen molar-refractivity contribution in [3.05, 3.63) is 54.5 Å². The van der Waals surface area contributed by atoms with E-state index in [9.17, 15) is 9.59 Å². The summed E-state index contributed by atoms with van der Waals surface area (Å²) in [5, 5.41) is 6.03. The van der Waals surface area contributed by atoms with E-state index in [1.807, 2.05) is 30.3 Å². The maximum atomic E-state index is 12.3. The van der Waals surface area contributed by atoms with Gasteiger partial charge in [0, 0.05) is 12.6 Å². The van der Waals surface area contributed by atoms with Crippen LogP contribution in [0.1, 0.15) is 10.6 Å². The van der Waals surface area contributed by atoms with Crippen molar-refractivity contribution in [2.24, 2.45) is 0 Å². The molecule has 25 heavy (non-hydrogen) atoms. The molecule has 3 rings (SSSR count). The number of hydrogen-bond donors (Lipinski definition) is 2. The third-order valence-electron chi connectivity index (χ3n) is 3.23. The van der Waals surface area contributed by atoms with Gasteiger partial charge in [-0.15, -0.1) is 0 Å². The number of nitrogens with zero attached hydrogens (tertiary/aromatic N) is 1. The Morgan fingerprint density at radius 1 is 1.20 bits per heavy atom. The number of carbonyl (C=O) groups is 2. The number of aromatic nitrogens is 1. The third-order valence-corrected chi connectivity index (χ3v) is 5.35. The minimum atomic E-state index is -0.339. The lowest BCUT2D eigenvalue weighted by Crippen LogP contribution is -2.19. The van der Waals surface area contributed by atoms with E-state index in [1.54, 1.807) is 19.2 Å². The highest BCUT2D eigenvalue weighted by atomic mass is 32.2. The van der Waals surface area contributed by atoms with Crippen LogP contribution in [0.15, 0.2) is 57.5 Å². The maximum absolute atomic E-state index is 12.3. The first-order chi connectivity index (χ1) is 12.2. The highest BCUT2D eigenvalue weighted by molar-refractivity contribution is 8.01. The Bertz CT molecular complexity index is 861. The fourth-order valence-corrected chi connectivity index (χ4v) is 3.94. The number of carbonyl (C=O) groups excluding carboxylic acids is 2. The fraction of sp³-hybridized carbons (Fsp3) is 0.118. The molecule has 0 fully saturated rings. The van der Waals surface area contributed by atoms with E-state index in [2.05, 4.69) is 15.6 Å². The Kier molecular flexibility index (Phi) is 5.52. The molecule has 2 amide bonds. The largest absolute Gasteiger partial charge is 0.459 e. The first-order valence-corrected chi connectivity index (χ1v) is 9.22. The molecule has 0 aliphatic carbocycles. The molecule has 6 nitrogen and oxygen atoms in total. The van der Waals surface area contributed by atoms with Gasteiger partial charge >= 0.3 is 0 Å². The molecular formula is C17H15N3O3S2. The molecule has 0 aliphatic heterocycles. The Hall–Kier alpha value is -2.58. The summed E-state index contributed by atoms with van der Waals surface area (Å²) in [4.78, 5) is 28.3. The quantitative estimate of drug-likeness (QED) is 0.646. The molecule has 8 heteroatoms. The number of anilines is 1. The molecule has 1 aromatic carbocycles. The van der Waals surface area contributed by atoms with Crippen LogP contribution in [0.2, 0.25) is 0 Å². The minimum absolute atomic E-state index is 0.0809. The molecule has 0 saturated carbocycles. The van der Waals surface area contributed by atoms with Gasteiger partial charge in [-0.1, -0.05) is 53.4 Å². The van der Waals surface area contributed by atoms with E-state index in [0.717, 1.165) is 5.56 Å². The van der Waals surface area contributed by atoms with Gasteiger partial charge in [-0.2, -0.15) is 0 Å². The van der Waals surface area contributed by atoms with E-state index in [0.29, 0.717) is 15.0 Å². The number of nitrogens with one attached hydrogen (secondary N) is 2. The third kappa shape index (κ3) is 4.28. The van der Waals surface area contributed by atoms with E-state index < -0.39 is 0 Å². The van der Waals surface area contributed by atoms with Crippen LogP contribution in [0.4, 0.5) is 5.00 Å². The lowest BCUT2D eigenvalue weighted by atomic mass is 10.2. The molecule has 2 aromatic heterocycles. The topological polar surface area (TPSA) is 84.2 Å². The molecule has 0 aliphatic rings. The van der Waals surface area contributed by atoms with E-state index in [4.69, 9.17) is 4.42 Å². The summed E-state index contributed by atoms with van der Waals surface area (Å²) in [5.74, 6) is 0.0763. The van der Waals surface area contributed by atoms with Crippen LogP contribution < -0.4 is 10.6 Å². The number of thiazole rings is 1. The standard InChI is InChI=1S/C17H15N3O3S2/c1-18-13(21)10-24-17-19-14(11-6-3-2-4-7-11)16(25-17)20-15(22)12-8-5-9-23-12/h2-9H,10H2,1H3,(H,18,21)(H,20,22). The molecule has 128 valence electrons. The van der Waals surface area contributed by atoms with Gasteiger partial charge in [0.1, 0.15) is 10.7 Å². The number of amides is 2. The predicted molar refractivity (Wildman–Crippen MR) is 99.0 cm³/mol. The lowest BCUT2D eigenvalue weighted by molar-refractivity contribution is -0.118. The summed E-state index contributed by atoms with van der Waals surface area (Å²) in [7, 11) is 1.59. The smallest absolute Gasteiger partial charge is 0.292 e. The van der Waals surface area contributed by atoms with E-state index in [-0.39, 0.29) is 23.3 Å². The summed E-state index contributed by atoms with van der Waals surface area (Å²) < 4.78 is 5.83. The van der Waals surface area contributed by atoms with Crippen LogP contribution in [0, 0.1) is 0 Å². The normalized spacial score (nSPS) is 10.4. The van der Waals surface area contributed by atoms with Crippen LogP contribution in [0.25, 0.3) is 11.3 Å². The van der Waals surface area contributed by atoms with E-state index in [1.165, 1.54) is 29.4 Å². The number of benzene rings is 1. The van der Waals surface area contributed by atoms with Crippen LogP contribution in [0.3, 0.4) is 0 Å². The summed E-state index contributed by atoms with van der Waals surface area (Å²) in [5.41, 5.74) is 1.56. The second kappa shape index (κ2) is 8.00. The molecule has 2 N–H and O–H groups in total. The molecule has 0 bridgehead atoms. The average Bonchev–Trinajstić information content (AvgIpc) is 3.30. The fourth-order valence-electron chi connectivity index (χ4n) is 2.01. The number of thioether (sulfide) groups is 1. The summed E-state index contributed by atoms with van der Waals surface area (Å²) in [6.45, 7) is 0. The summed E-state index contributed by atoms with van der Waals surface area (Å²) in [6.07, 6.45) is 1.45. The van der Waals surface area contributed by atoms with Crippen molar-refractivity contribution < 1.29 is 14.0 Å². The van der Waals surface area contributed by atoms with Gasteiger partial charge in [-0.3, -0.25) is 9.59 Å². The molecule has 0 saturated heterocycles. The van der Waals surface area contributed by atoms with E-state index >= 15 is 0 Å². The van der Waals surface area contributed by atoms with Gasteiger partial charge < -0.3 is 15.1 Å². The monoisotopic (exact) mass is 373 g/mol. The first kappa shape index (κ1) is 17.2. The van der Waals surface area contributed by atoms with Gasteiger partial charge in [0.05, 0.1) is 12.0 Å².